The van der Waals surface area contributed by atoms with E-state index in [-0.39, 0.29) is 24.6 Å². The number of rotatable bonds is 6. The van der Waals surface area contributed by atoms with Gasteiger partial charge in [-0.15, -0.1) is 0 Å². The van der Waals surface area contributed by atoms with Crippen LogP contribution in [-0.2, 0) is 16.1 Å². The van der Waals surface area contributed by atoms with E-state index < -0.39 is 22.8 Å². The van der Waals surface area contributed by atoms with Crippen molar-refractivity contribution in [2.75, 3.05) is 12.4 Å². The van der Waals surface area contributed by atoms with Crippen molar-refractivity contribution in [1.82, 2.24) is 4.90 Å². The zero-order valence-electron chi connectivity index (χ0n) is 18.2. The van der Waals surface area contributed by atoms with E-state index >= 15 is 0 Å². The fourth-order valence-corrected chi connectivity index (χ4v) is 4.41. The molecule has 3 aromatic carbocycles. The summed E-state index contributed by atoms with van der Waals surface area (Å²) in [5.74, 6) is -1.09. The zero-order chi connectivity index (χ0) is 24.1. The zero-order valence-corrected chi connectivity index (χ0v) is 19.0. The molecular weight excluding hydrogens is 460 g/mol. The molecule has 0 saturated carbocycles. The summed E-state index contributed by atoms with van der Waals surface area (Å²) in [5.41, 5.74) is 1.32. The van der Waals surface area contributed by atoms with Gasteiger partial charge in [0, 0.05) is 6.42 Å². The first-order valence-electron chi connectivity index (χ1n) is 10.4. The Morgan fingerprint density at radius 3 is 2.47 bits per heavy atom. The number of methoxy groups -OCH3 is 1. The highest BCUT2D eigenvalue weighted by Crippen LogP contribution is 2.31. The van der Waals surface area contributed by atoms with Crippen molar-refractivity contribution in [1.29, 1.82) is 0 Å². The average molecular weight is 482 g/mol. The minimum Gasteiger partial charge on any atom is -0.497 e. The highest BCUT2D eigenvalue weighted by molar-refractivity contribution is 8.15. The van der Waals surface area contributed by atoms with E-state index in [0.717, 1.165) is 17.3 Å². The standard InChI is InChI=1S/C25H21F2N3O3S/c1-33-19-12-6-16(7-13-19)15-30-23(31)14-22(24(32)29-21-5-3-2-4-20(21)27)34-25(30)28-18-10-8-17(26)9-11-18/h2-13,22H,14-15H2,1H3,(H,29,32). The average Bonchev–Trinajstić information content (AvgIpc) is 2.84. The Morgan fingerprint density at radius 1 is 1.09 bits per heavy atom. The summed E-state index contributed by atoms with van der Waals surface area (Å²) >= 11 is 1.10. The summed E-state index contributed by atoms with van der Waals surface area (Å²) < 4.78 is 32.5. The molecule has 1 atom stereocenters. The summed E-state index contributed by atoms with van der Waals surface area (Å²) in [5, 5.41) is 2.04. The molecule has 34 heavy (non-hydrogen) atoms. The van der Waals surface area contributed by atoms with Gasteiger partial charge in [0.15, 0.2) is 5.17 Å². The molecule has 1 heterocycles. The summed E-state index contributed by atoms with van der Waals surface area (Å²) in [6, 6.07) is 18.6. The summed E-state index contributed by atoms with van der Waals surface area (Å²) in [4.78, 5) is 32.0. The van der Waals surface area contributed by atoms with Crippen molar-refractivity contribution in [3.63, 3.8) is 0 Å². The van der Waals surface area contributed by atoms with E-state index in [2.05, 4.69) is 10.3 Å². The molecule has 6 nitrogen and oxygen atoms in total. The van der Waals surface area contributed by atoms with Gasteiger partial charge in [0.25, 0.3) is 0 Å². The van der Waals surface area contributed by atoms with Crippen LogP contribution in [0, 0.1) is 11.6 Å². The molecule has 1 unspecified atom stereocenters. The molecule has 1 fully saturated rings. The molecule has 0 bridgehead atoms. The van der Waals surface area contributed by atoms with Gasteiger partial charge in [-0.2, -0.15) is 0 Å². The molecule has 0 radical (unpaired) electrons. The summed E-state index contributed by atoms with van der Waals surface area (Å²) in [6.45, 7) is 0.234. The minimum atomic E-state index is -0.807. The van der Waals surface area contributed by atoms with E-state index in [4.69, 9.17) is 4.74 Å². The number of nitrogens with one attached hydrogen (secondary N) is 1. The summed E-state index contributed by atoms with van der Waals surface area (Å²) in [6.07, 6.45) is -0.0798. The molecule has 3 aromatic rings. The van der Waals surface area contributed by atoms with Gasteiger partial charge in [0.2, 0.25) is 11.8 Å². The van der Waals surface area contributed by atoms with E-state index in [9.17, 15) is 18.4 Å². The highest BCUT2D eigenvalue weighted by atomic mass is 32.2. The van der Waals surface area contributed by atoms with E-state index in [1.807, 2.05) is 12.1 Å². The Balaban J connectivity index is 1.60. The van der Waals surface area contributed by atoms with Crippen LogP contribution in [0.25, 0.3) is 0 Å². The van der Waals surface area contributed by atoms with Crippen LogP contribution in [0.15, 0.2) is 77.8 Å². The van der Waals surface area contributed by atoms with Gasteiger partial charge >= 0.3 is 0 Å². The van der Waals surface area contributed by atoms with Gasteiger partial charge < -0.3 is 10.1 Å². The molecule has 1 aliphatic rings. The third-order valence-corrected chi connectivity index (χ3v) is 6.30. The third kappa shape index (κ3) is 5.60. The quantitative estimate of drug-likeness (QED) is 0.530. The van der Waals surface area contributed by atoms with Gasteiger partial charge in [0.05, 0.1) is 25.0 Å². The number of carbonyl (C=O) groups excluding carboxylic acids is 2. The van der Waals surface area contributed by atoms with E-state index in [1.54, 1.807) is 25.3 Å². The Bertz CT molecular complexity index is 1220. The Hall–Kier alpha value is -3.72. The molecular formula is C25H21F2N3O3S. The third-order valence-electron chi connectivity index (χ3n) is 5.11. The molecule has 0 spiro atoms. The second-order valence-electron chi connectivity index (χ2n) is 7.48. The van der Waals surface area contributed by atoms with Crippen LogP contribution in [-0.4, -0.2) is 34.2 Å². The molecule has 1 saturated heterocycles. The maximum Gasteiger partial charge on any atom is 0.238 e. The van der Waals surface area contributed by atoms with Crippen molar-refractivity contribution in [2.24, 2.45) is 4.99 Å². The molecule has 2 amide bonds. The van der Waals surface area contributed by atoms with E-state index in [1.165, 1.54) is 47.4 Å². The second kappa shape index (κ2) is 10.5. The van der Waals surface area contributed by atoms with Crippen molar-refractivity contribution in [3.05, 3.63) is 90.0 Å². The number of amidine groups is 1. The number of hydrogen-bond acceptors (Lipinski definition) is 5. The number of carbonyl (C=O) groups is 2. The van der Waals surface area contributed by atoms with Crippen molar-refractivity contribution < 1.29 is 23.1 Å². The normalized spacial score (nSPS) is 17.0. The SMILES string of the molecule is COc1ccc(CN2C(=O)CC(C(=O)Nc3ccccc3F)SC2=Nc2ccc(F)cc2)cc1. The first kappa shape index (κ1) is 23.4. The highest BCUT2D eigenvalue weighted by Gasteiger charge is 2.36. The topological polar surface area (TPSA) is 71.0 Å². The van der Waals surface area contributed by atoms with Gasteiger partial charge in [-0.3, -0.25) is 14.5 Å². The molecule has 9 heteroatoms. The lowest BCUT2D eigenvalue weighted by Gasteiger charge is -2.32. The fourth-order valence-electron chi connectivity index (χ4n) is 3.31. The van der Waals surface area contributed by atoms with Crippen LogP contribution in [0.5, 0.6) is 5.75 Å². The van der Waals surface area contributed by atoms with Gasteiger partial charge in [-0.25, -0.2) is 13.8 Å². The lowest BCUT2D eigenvalue weighted by Crippen LogP contribution is -2.44. The minimum absolute atomic E-state index is 0.0400. The van der Waals surface area contributed by atoms with Gasteiger partial charge in [0.1, 0.15) is 22.6 Å². The number of nitrogens with zero attached hydrogens (tertiary/aromatic N) is 2. The second-order valence-corrected chi connectivity index (χ2v) is 8.65. The summed E-state index contributed by atoms with van der Waals surface area (Å²) in [7, 11) is 1.57. The first-order chi connectivity index (χ1) is 16.4. The van der Waals surface area contributed by atoms with Crippen LogP contribution in [0.3, 0.4) is 0 Å². The van der Waals surface area contributed by atoms with Gasteiger partial charge in [-0.05, 0) is 54.1 Å². The smallest absolute Gasteiger partial charge is 0.238 e. The largest absolute Gasteiger partial charge is 0.497 e. The van der Waals surface area contributed by atoms with Crippen LogP contribution < -0.4 is 10.1 Å². The number of thioether (sulfide) groups is 1. The monoisotopic (exact) mass is 481 g/mol. The Labute approximate surface area is 199 Å². The number of hydrogen-bond donors (Lipinski definition) is 1. The number of aliphatic imine (C=N–C) groups is 1. The predicted octanol–water partition coefficient (Wildman–Crippen LogP) is 5.13. The molecule has 0 aliphatic carbocycles. The van der Waals surface area contributed by atoms with Crippen LogP contribution in [0.2, 0.25) is 0 Å². The number of para-hydroxylation sites is 1. The lowest BCUT2D eigenvalue weighted by molar-refractivity contribution is -0.129. The van der Waals surface area contributed by atoms with Crippen LogP contribution in [0.4, 0.5) is 20.2 Å². The number of benzene rings is 3. The van der Waals surface area contributed by atoms with Crippen molar-refractivity contribution in [3.8, 4) is 5.75 Å². The lowest BCUT2D eigenvalue weighted by atomic mass is 10.2. The number of halogens is 2. The Morgan fingerprint density at radius 2 is 1.79 bits per heavy atom. The predicted molar refractivity (Wildman–Crippen MR) is 128 cm³/mol. The molecule has 4 rings (SSSR count). The maximum absolute atomic E-state index is 14.0. The maximum atomic E-state index is 14.0. The van der Waals surface area contributed by atoms with Gasteiger partial charge in [-0.1, -0.05) is 36.0 Å². The molecule has 0 aromatic heterocycles. The number of amides is 2. The fraction of sp³-hybridized carbons (Fsp3) is 0.160. The first-order valence-corrected chi connectivity index (χ1v) is 11.3. The Kier molecular flexibility index (Phi) is 7.22. The van der Waals surface area contributed by atoms with Crippen LogP contribution >= 0.6 is 11.8 Å². The molecule has 174 valence electrons. The molecule has 1 aliphatic heterocycles. The van der Waals surface area contributed by atoms with E-state index in [0.29, 0.717) is 16.6 Å². The van der Waals surface area contributed by atoms with Crippen molar-refractivity contribution in [2.45, 2.75) is 18.2 Å². The number of ether oxygens (including phenoxy) is 1. The molecule has 1 N–H and O–H groups in total. The van der Waals surface area contributed by atoms with Crippen LogP contribution in [0.1, 0.15) is 12.0 Å². The number of anilines is 1. The van der Waals surface area contributed by atoms with Crippen molar-refractivity contribution >= 4 is 40.1 Å².